The zero-order valence-corrected chi connectivity index (χ0v) is 11.8. The van der Waals surface area contributed by atoms with Gasteiger partial charge in [-0.3, -0.25) is 0 Å². The molecule has 0 aliphatic carbocycles. The number of nitrogens with one attached hydrogen (secondary N) is 1. The zero-order valence-electron chi connectivity index (χ0n) is 11.8. The maximum atomic E-state index is 12.2. The van der Waals surface area contributed by atoms with Crippen LogP contribution in [0.2, 0.25) is 0 Å². The molecule has 0 fully saturated rings. The van der Waals surface area contributed by atoms with Crippen molar-refractivity contribution in [2.45, 2.75) is 19.4 Å². The molecule has 1 aliphatic heterocycles. The van der Waals surface area contributed by atoms with Gasteiger partial charge in [-0.25, -0.2) is 4.68 Å². The molecular formula is C14H14F3N3O2. The fourth-order valence-electron chi connectivity index (χ4n) is 2.47. The highest BCUT2D eigenvalue weighted by molar-refractivity contribution is 5.57. The van der Waals surface area contributed by atoms with Gasteiger partial charge in [-0.15, -0.1) is 13.2 Å². The summed E-state index contributed by atoms with van der Waals surface area (Å²) in [5, 5.41) is 7.69. The molecule has 0 spiro atoms. The number of fused-ring (bicyclic) bond motifs is 1. The Morgan fingerprint density at radius 1 is 1.27 bits per heavy atom. The van der Waals surface area contributed by atoms with Crippen LogP contribution in [0.15, 0.2) is 24.3 Å². The topological polar surface area (TPSA) is 48.3 Å². The van der Waals surface area contributed by atoms with Crippen molar-refractivity contribution in [3.05, 3.63) is 35.5 Å². The summed E-state index contributed by atoms with van der Waals surface area (Å²) in [7, 11) is 1.59. The van der Waals surface area contributed by atoms with Crippen molar-refractivity contribution >= 4 is 5.82 Å². The SMILES string of the molecule is COCc1nn(-c2ccc(OC(F)(F)F)cc2)c2c1CCN2. The maximum Gasteiger partial charge on any atom is 0.573 e. The number of hydrogen-bond acceptors (Lipinski definition) is 4. The first-order valence-corrected chi connectivity index (χ1v) is 6.67. The smallest absolute Gasteiger partial charge is 0.406 e. The lowest BCUT2D eigenvalue weighted by atomic mass is 10.2. The molecule has 3 rings (SSSR count). The summed E-state index contributed by atoms with van der Waals surface area (Å²) in [6.07, 6.45) is -3.84. The minimum atomic E-state index is -4.69. The van der Waals surface area contributed by atoms with E-state index in [4.69, 9.17) is 4.74 Å². The van der Waals surface area contributed by atoms with Gasteiger partial charge in [0.1, 0.15) is 11.6 Å². The number of ether oxygens (including phenoxy) is 2. The molecule has 8 heteroatoms. The van der Waals surface area contributed by atoms with E-state index in [1.54, 1.807) is 11.8 Å². The second-order valence-corrected chi connectivity index (χ2v) is 4.84. The minimum absolute atomic E-state index is 0.259. The predicted molar refractivity (Wildman–Crippen MR) is 73.2 cm³/mol. The Hall–Kier alpha value is -2.22. The molecule has 118 valence electrons. The highest BCUT2D eigenvalue weighted by Gasteiger charge is 2.31. The minimum Gasteiger partial charge on any atom is -0.406 e. The van der Waals surface area contributed by atoms with E-state index in [0.717, 1.165) is 30.0 Å². The lowest BCUT2D eigenvalue weighted by molar-refractivity contribution is -0.274. The Balaban J connectivity index is 1.90. The van der Waals surface area contributed by atoms with Crippen LogP contribution in [-0.4, -0.2) is 29.8 Å². The van der Waals surface area contributed by atoms with Crippen LogP contribution < -0.4 is 10.1 Å². The van der Waals surface area contributed by atoms with Gasteiger partial charge in [0, 0.05) is 19.2 Å². The Morgan fingerprint density at radius 2 is 2.00 bits per heavy atom. The van der Waals surface area contributed by atoms with Crippen LogP contribution in [0.5, 0.6) is 5.75 Å². The van der Waals surface area contributed by atoms with Crippen molar-refractivity contribution < 1.29 is 22.6 Å². The lowest BCUT2D eigenvalue weighted by Crippen LogP contribution is -2.17. The van der Waals surface area contributed by atoms with E-state index in [1.165, 1.54) is 24.3 Å². The van der Waals surface area contributed by atoms with Gasteiger partial charge < -0.3 is 14.8 Å². The van der Waals surface area contributed by atoms with Crippen molar-refractivity contribution in [2.24, 2.45) is 0 Å². The zero-order chi connectivity index (χ0) is 15.7. The van der Waals surface area contributed by atoms with Crippen molar-refractivity contribution in [3.63, 3.8) is 0 Å². The summed E-state index contributed by atoms with van der Waals surface area (Å²) >= 11 is 0. The first-order valence-electron chi connectivity index (χ1n) is 6.67. The Bertz CT molecular complexity index is 665. The third-order valence-electron chi connectivity index (χ3n) is 3.33. The van der Waals surface area contributed by atoms with E-state index < -0.39 is 6.36 Å². The van der Waals surface area contributed by atoms with E-state index in [1.807, 2.05) is 0 Å². The molecule has 1 aromatic carbocycles. The average Bonchev–Trinajstić information content (AvgIpc) is 3.02. The third-order valence-corrected chi connectivity index (χ3v) is 3.33. The first-order chi connectivity index (χ1) is 10.5. The molecular weight excluding hydrogens is 299 g/mol. The summed E-state index contributed by atoms with van der Waals surface area (Å²) in [5.41, 5.74) is 2.57. The Morgan fingerprint density at radius 3 is 2.64 bits per heavy atom. The molecule has 0 saturated carbocycles. The van der Waals surface area contributed by atoms with Gasteiger partial charge in [-0.05, 0) is 30.7 Å². The molecule has 0 amide bonds. The maximum absolute atomic E-state index is 12.2. The standard InChI is InChI=1S/C14H14F3N3O2/c1-21-8-12-11-6-7-18-13(11)20(19-12)9-2-4-10(5-3-9)22-14(15,16)17/h2-5,18H,6-8H2,1H3. The summed E-state index contributed by atoms with van der Waals surface area (Å²) in [6.45, 7) is 1.20. The van der Waals surface area contributed by atoms with Crippen molar-refractivity contribution in [3.8, 4) is 11.4 Å². The summed E-state index contributed by atoms with van der Waals surface area (Å²) in [6, 6.07) is 5.60. The predicted octanol–water partition coefficient (Wildman–Crippen LogP) is 2.89. The molecule has 22 heavy (non-hydrogen) atoms. The fraction of sp³-hybridized carbons (Fsp3) is 0.357. The quantitative estimate of drug-likeness (QED) is 0.943. The summed E-state index contributed by atoms with van der Waals surface area (Å²) in [5.74, 6) is 0.599. The summed E-state index contributed by atoms with van der Waals surface area (Å²) < 4.78 is 47.2. The number of alkyl halides is 3. The van der Waals surface area contributed by atoms with Crippen LogP contribution in [-0.2, 0) is 17.8 Å². The van der Waals surface area contributed by atoms with Crippen LogP contribution in [0.25, 0.3) is 5.69 Å². The van der Waals surface area contributed by atoms with Crippen LogP contribution in [0, 0.1) is 0 Å². The monoisotopic (exact) mass is 313 g/mol. The van der Waals surface area contributed by atoms with Crippen LogP contribution >= 0.6 is 0 Å². The number of methoxy groups -OCH3 is 1. The number of halogens is 3. The van der Waals surface area contributed by atoms with E-state index >= 15 is 0 Å². The van der Waals surface area contributed by atoms with Crippen LogP contribution in [0.3, 0.4) is 0 Å². The third kappa shape index (κ3) is 2.87. The molecule has 0 radical (unpaired) electrons. The second kappa shape index (κ2) is 5.53. The molecule has 2 heterocycles. The number of benzene rings is 1. The van der Waals surface area contributed by atoms with Crippen molar-refractivity contribution in [1.82, 2.24) is 9.78 Å². The van der Waals surface area contributed by atoms with Crippen LogP contribution in [0.4, 0.5) is 19.0 Å². The highest BCUT2D eigenvalue weighted by Crippen LogP contribution is 2.30. The molecule has 2 aromatic rings. The molecule has 5 nitrogen and oxygen atoms in total. The summed E-state index contributed by atoms with van der Waals surface area (Å²) in [4.78, 5) is 0. The number of hydrogen-bond donors (Lipinski definition) is 1. The van der Waals surface area contributed by atoms with Crippen LogP contribution in [0.1, 0.15) is 11.3 Å². The fourth-order valence-corrected chi connectivity index (χ4v) is 2.47. The van der Waals surface area contributed by atoms with Gasteiger partial charge in [0.25, 0.3) is 0 Å². The number of anilines is 1. The lowest BCUT2D eigenvalue weighted by Gasteiger charge is -2.10. The largest absolute Gasteiger partial charge is 0.573 e. The van der Waals surface area contributed by atoms with Gasteiger partial charge >= 0.3 is 6.36 Å². The molecule has 1 aromatic heterocycles. The molecule has 1 aliphatic rings. The average molecular weight is 313 g/mol. The van der Waals surface area contributed by atoms with Gasteiger partial charge in [0.15, 0.2) is 0 Å². The Kier molecular flexibility index (Phi) is 3.69. The first kappa shape index (κ1) is 14.7. The van der Waals surface area contributed by atoms with Crippen molar-refractivity contribution in [2.75, 3.05) is 19.0 Å². The van der Waals surface area contributed by atoms with Gasteiger partial charge in [0.2, 0.25) is 0 Å². The highest BCUT2D eigenvalue weighted by atomic mass is 19.4. The normalized spacial score (nSPS) is 13.8. The second-order valence-electron chi connectivity index (χ2n) is 4.84. The van der Waals surface area contributed by atoms with Gasteiger partial charge in [-0.1, -0.05) is 0 Å². The number of aromatic nitrogens is 2. The Labute approximate surface area is 124 Å². The van der Waals surface area contributed by atoms with E-state index in [0.29, 0.717) is 12.3 Å². The van der Waals surface area contributed by atoms with Crippen molar-refractivity contribution in [1.29, 1.82) is 0 Å². The van der Waals surface area contributed by atoms with E-state index in [9.17, 15) is 13.2 Å². The molecule has 0 bridgehead atoms. The molecule has 0 atom stereocenters. The van der Waals surface area contributed by atoms with Gasteiger partial charge in [0.05, 0.1) is 18.0 Å². The number of nitrogens with zero attached hydrogens (tertiary/aromatic N) is 2. The molecule has 0 saturated heterocycles. The van der Waals surface area contributed by atoms with E-state index in [-0.39, 0.29) is 5.75 Å². The number of rotatable bonds is 4. The van der Waals surface area contributed by atoms with E-state index in [2.05, 4.69) is 15.2 Å². The molecule has 1 N–H and O–H groups in total. The molecule has 0 unspecified atom stereocenters. The van der Waals surface area contributed by atoms with Gasteiger partial charge in [-0.2, -0.15) is 5.10 Å².